The second-order valence-corrected chi connectivity index (χ2v) is 6.14. The van der Waals surface area contributed by atoms with E-state index in [0.29, 0.717) is 5.57 Å². The van der Waals surface area contributed by atoms with Crippen molar-refractivity contribution in [2.24, 2.45) is 0 Å². The number of methoxy groups -OCH3 is 2. The Bertz CT molecular complexity index is 868. The lowest BCUT2D eigenvalue weighted by molar-refractivity contribution is -0.136. The molecule has 0 aliphatic carbocycles. The van der Waals surface area contributed by atoms with Crippen molar-refractivity contribution < 1.29 is 14.3 Å². The van der Waals surface area contributed by atoms with E-state index in [1.54, 1.807) is 13.3 Å². The first-order valence-corrected chi connectivity index (χ1v) is 8.38. The Labute approximate surface area is 153 Å². The number of hydrogen-bond donors (Lipinski definition) is 1. The normalized spacial score (nSPS) is 17.0. The van der Waals surface area contributed by atoms with Gasteiger partial charge in [0.15, 0.2) is 0 Å². The number of nitrogens with one attached hydrogen (secondary N) is 1. The molecule has 0 amide bonds. The number of benzene rings is 1. The molecule has 1 aliphatic rings. The fourth-order valence-electron chi connectivity index (χ4n) is 3.41. The zero-order valence-electron chi connectivity index (χ0n) is 15.4. The van der Waals surface area contributed by atoms with E-state index < -0.39 is 0 Å². The van der Waals surface area contributed by atoms with Crippen molar-refractivity contribution in [3.8, 4) is 5.75 Å². The van der Waals surface area contributed by atoms with Crippen LogP contribution in [0.3, 0.4) is 0 Å². The zero-order chi connectivity index (χ0) is 18.7. The molecule has 1 aliphatic heterocycles. The van der Waals surface area contributed by atoms with Gasteiger partial charge < -0.3 is 14.8 Å². The summed E-state index contributed by atoms with van der Waals surface area (Å²) in [5.74, 6) is 0.176. The van der Waals surface area contributed by atoms with Crippen molar-refractivity contribution in [3.63, 3.8) is 0 Å². The molecule has 0 radical (unpaired) electrons. The molecule has 5 heteroatoms. The first-order valence-electron chi connectivity index (χ1n) is 8.38. The Morgan fingerprint density at radius 1 is 1.08 bits per heavy atom. The molecule has 3 rings (SSSR count). The number of dihydropyridines is 1. The first-order chi connectivity index (χ1) is 12.6. The number of ether oxygens (including phenoxy) is 2. The van der Waals surface area contributed by atoms with Gasteiger partial charge in [0.2, 0.25) is 0 Å². The van der Waals surface area contributed by atoms with Gasteiger partial charge in [-0.15, -0.1) is 0 Å². The van der Waals surface area contributed by atoms with Crippen LogP contribution < -0.4 is 10.1 Å². The molecule has 134 valence electrons. The topological polar surface area (TPSA) is 60.5 Å². The van der Waals surface area contributed by atoms with Gasteiger partial charge in [0.25, 0.3) is 0 Å². The van der Waals surface area contributed by atoms with Crippen LogP contribution in [-0.2, 0) is 9.53 Å². The Balaban J connectivity index is 2.20. The molecule has 0 bridgehead atoms. The quantitative estimate of drug-likeness (QED) is 0.853. The van der Waals surface area contributed by atoms with Crippen molar-refractivity contribution in [1.29, 1.82) is 0 Å². The molecule has 1 atom stereocenters. The summed E-state index contributed by atoms with van der Waals surface area (Å²) in [5.41, 5.74) is 5.35. The van der Waals surface area contributed by atoms with E-state index in [2.05, 4.69) is 10.3 Å². The van der Waals surface area contributed by atoms with Crippen molar-refractivity contribution in [1.82, 2.24) is 10.3 Å². The van der Waals surface area contributed by atoms with Crippen molar-refractivity contribution in [2.75, 3.05) is 14.2 Å². The Morgan fingerprint density at radius 2 is 1.81 bits per heavy atom. The standard InChI is InChI=1S/C21H22N2O3/c1-13-18(16-6-5-11-22-12-16)20(15-7-9-17(25-3)10-8-15)19(14(2)23-13)21(24)26-4/h5-12,20,23H,1-4H3. The summed E-state index contributed by atoms with van der Waals surface area (Å²) < 4.78 is 10.3. The van der Waals surface area contributed by atoms with Crippen molar-refractivity contribution in [3.05, 3.63) is 76.9 Å². The van der Waals surface area contributed by atoms with Gasteiger partial charge in [-0.2, -0.15) is 0 Å². The molecule has 2 heterocycles. The molecule has 1 unspecified atom stereocenters. The van der Waals surface area contributed by atoms with Gasteiger partial charge in [-0.3, -0.25) is 4.98 Å². The molecule has 1 aromatic heterocycles. The van der Waals surface area contributed by atoms with Crippen LogP contribution in [0, 0.1) is 0 Å². The molecule has 0 fully saturated rings. The highest BCUT2D eigenvalue weighted by molar-refractivity contribution is 5.97. The minimum atomic E-state index is -0.343. The van der Waals surface area contributed by atoms with Crippen LogP contribution in [0.25, 0.3) is 5.57 Å². The number of nitrogens with zero attached hydrogens (tertiary/aromatic N) is 1. The van der Waals surface area contributed by atoms with Gasteiger partial charge >= 0.3 is 5.97 Å². The van der Waals surface area contributed by atoms with E-state index in [0.717, 1.165) is 33.8 Å². The molecule has 0 spiro atoms. The van der Waals surface area contributed by atoms with Gasteiger partial charge in [-0.05, 0) is 48.7 Å². The number of hydrogen-bond acceptors (Lipinski definition) is 5. The smallest absolute Gasteiger partial charge is 0.336 e. The van der Waals surface area contributed by atoms with E-state index in [1.807, 2.05) is 56.4 Å². The highest BCUT2D eigenvalue weighted by Gasteiger charge is 2.34. The SMILES string of the molecule is COC(=O)C1=C(C)NC(C)=C(c2cccnc2)C1c1ccc(OC)cc1. The van der Waals surface area contributed by atoms with E-state index in [4.69, 9.17) is 9.47 Å². The second-order valence-electron chi connectivity index (χ2n) is 6.14. The summed E-state index contributed by atoms with van der Waals surface area (Å²) in [4.78, 5) is 16.8. The Hall–Kier alpha value is -3.08. The van der Waals surface area contributed by atoms with Crippen LogP contribution in [0.5, 0.6) is 5.75 Å². The number of rotatable bonds is 4. The summed E-state index contributed by atoms with van der Waals surface area (Å²) in [6.07, 6.45) is 3.55. The predicted octanol–water partition coefficient (Wildman–Crippen LogP) is 3.66. The summed E-state index contributed by atoms with van der Waals surface area (Å²) >= 11 is 0. The number of allylic oxidation sites excluding steroid dienone is 3. The van der Waals surface area contributed by atoms with Gasteiger partial charge in [0, 0.05) is 29.7 Å². The summed E-state index contributed by atoms with van der Waals surface area (Å²) in [6.45, 7) is 3.91. The van der Waals surface area contributed by atoms with Gasteiger partial charge in [-0.1, -0.05) is 18.2 Å². The van der Waals surface area contributed by atoms with Gasteiger partial charge in [-0.25, -0.2) is 4.79 Å². The second kappa shape index (κ2) is 7.44. The van der Waals surface area contributed by atoms with Gasteiger partial charge in [0.1, 0.15) is 5.75 Å². The van der Waals surface area contributed by atoms with Crippen molar-refractivity contribution >= 4 is 11.5 Å². The molecule has 26 heavy (non-hydrogen) atoms. The van der Waals surface area contributed by atoms with E-state index in [1.165, 1.54) is 7.11 Å². The molecule has 1 aromatic carbocycles. The molecule has 2 aromatic rings. The summed E-state index contributed by atoms with van der Waals surface area (Å²) in [5, 5.41) is 3.32. The lowest BCUT2D eigenvalue weighted by Gasteiger charge is -2.31. The summed E-state index contributed by atoms with van der Waals surface area (Å²) in [7, 11) is 3.04. The van der Waals surface area contributed by atoms with Crippen molar-refractivity contribution in [2.45, 2.75) is 19.8 Å². The van der Waals surface area contributed by atoms with Crippen LogP contribution >= 0.6 is 0 Å². The van der Waals surface area contributed by atoms with Crippen LogP contribution in [0.4, 0.5) is 0 Å². The third-order valence-corrected chi connectivity index (χ3v) is 4.59. The first kappa shape index (κ1) is 17.7. The molecule has 0 saturated heterocycles. The minimum absolute atomic E-state index is 0.251. The summed E-state index contributed by atoms with van der Waals surface area (Å²) in [6, 6.07) is 11.7. The number of esters is 1. The highest BCUT2D eigenvalue weighted by Crippen LogP contribution is 2.43. The lowest BCUT2D eigenvalue weighted by Crippen LogP contribution is -2.28. The van der Waals surface area contributed by atoms with Crippen LogP contribution in [-0.4, -0.2) is 25.2 Å². The van der Waals surface area contributed by atoms with Gasteiger partial charge in [0.05, 0.1) is 19.8 Å². The average Bonchev–Trinajstić information content (AvgIpc) is 2.67. The Kier molecular flexibility index (Phi) is 5.07. The Morgan fingerprint density at radius 3 is 2.38 bits per heavy atom. The maximum Gasteiger partial charge on any atom is 0.336 e. The molecule has 0 saturated carbocycles. The molecular formula is C21H22N2O3. The van der Waals surface area contributed by atoms with Crippen LogP contribution in [0.2, 0.25) is 0 Å². The fourth-order valence-corrected chi connectivity index (χ4v) is 3.41. The average molecular weight is 350 g/mol. The van der Waals surface area contributed by atoms with Crippen LogP contribution in [0.1, 0.15) is 30.9 Å². The number of aromatic nitrogens is 1. The lowest BCUT2D eigenvalue weighted by atomic mass is 9.78. The predicted molar refractivity (Wildman–Crippen MR) is 100 cm³/mol. The third-order valence-electron chi connectivity index (χ3n) is 4.59. The number of carbonyl (C=O) groups is 1. The fraction of sp³-hybridized carbons (Fsp3) is 0.238. The number of carbonyl (C=O) groups excluding carboxylic acids is 1. The monoisotopic (exact) mass is 350 g/mol. The third kappa shape index (κ3) is 3.20. The molecular weight excluding hydrogens is 328 g/mol. The largest absolute Gasteiger partial charge is 0.497 e. The minimum Gasteiger partial charge on any atom is -0.497 e. The molecule has 1 N–H and O–H groups in total. The maximum atomic E-state index is 12.6. The zero-order valence-corrected chi connectivity index (χ0v) is 15.4. The van der Waals surface area contributed by atoms with Crippen LogP contribution in [0.15, 0.2) is 65.8 Å². The maximum absolute atomic E-state index is 12.6. The van der Waals surface area contributed by atoms with E-state index in [-0.39, 0.29) is 11.9 Å². The van der Waals surface area contributed by atoms with E-state index >= 15 is 0 Å². The number of pyridine rings is 1. The van der Waals surface area contributed by atoms with E-state index in [9.17, 15) is 4.79 Å². The molecule has 5 nitrogen and oxygen atoms in total. The highest BCUT2D eigenvalue weighted by atomic mass is 16.5.